The van der Waals surface area contributed by atoms with Gasteiger partial charge in [-0.25, -0.2) is 0 Å². The summed E-state index contributed by atoms with van der Waals surface area (Å²) in [5.74, 6) is 0. The van der Waals surface area contributed by atoms with Crippen LogP contribution in [0.25, 0.3) is 0 Å². The first-order valence-electron chi connectivity index (χ1n) is 11.2. The second-order valence-corrected chi connectivity index (χ2v) is 7.93. The molecule has 144 valence electrons. The predicted molar refractivity (Wildman–Crippen MR) is 109 cm³/mol. The second kappa shape index (κ2) is 17.5. The number of aldehydes is 1. The van der Waals surface area contributed by atoms with Crippen LogP contribution in [0.5, 0.6) is 0 Å². The van der Waals surface area contributed by atoms with E-state index in [-0.39, 0.29) is 5.41 Å². The van der Waals surface area contributed by atoms with Crippen LogP contribution in [0.15, 0.2) is 0 Å². The maximum absolute atomic E-state index is 11.4. The predicted octanol–water partition coefficient (Wildman–Crippen LogP) is 8.25. The quantitative estimate of drug-likeness (QED) is 0.171. The van der Waals surface area contributed by atoms with E-state index in [1.807, 2.05) is 0 Å². The summed E-state index contributed by atoms with van der Waals surface area (Å²) >= 11 is 0. The van der Waals surface area contributed by atoms with Crippen LogP contribution in [0.2, 0.25) is 0 Å². The van der Waals surface area contributed by atoms with E-state index in [1.165, 1.54) is 96.2 Å². The van der Waals surface area contributed by atoms with Crippen molar-refractivity contribution in [2.24, 2.45) is 5.41 Å². The molecule has 0 aliphatic heterocycles. The lowest BCUT2D eigenvalue weighted by molar-refractivity contribution is -0.117. The third kappa shape index (κ3) is 13.0. The first-order valence-corrected chi connectivity index (χ1v) is 11.2. The van der Waals surface area contributed by atoms with E-state index in [0.717, 1.165) is 25.7 Å². The van der Waals surface area contributed by atoms with Crippen LogP contribution in [0.3, 0.4) is 0 Å². The minimum atomic E-state index is -0.00806. The molecule has 0 amide bonds. The highest BCUT2D eigenvalue weighted by molar-refractivity contribution is 5.59. The molecule has 1 unspecified atom stereocenters. The molecule has 0 aromatic carbocycles. The van der Waals surface area contributed by atoms with E-state index < -0.39 is 0 Å². The van der Waals surface area contributed by atoms with Crippen LogP contribution in [-0.2, 0) is 4.79 Å². The fraction of sp³-hybridized carbons (Fsp3) is 0.957. The third-order valence-corrected chi connectivity index (χ3v) is 5.73. The van der Waals surface area contributed by atoms with E-state index in [0.29, 0.717) is 0 Å². The van der Waals surface area contributed by atoms with E-state index in [4.69, 9.17) is 0 Å². The van der Waals surface area contributed by atoms with Gasteiger partial charge in [0.05, 0.1) is 0 Å². The zero-order valence-corrected chi connectivity index (χ0v) is 17.2. The van der Waals surface area contributed by atoms with Gasteiger partial charge in [0.15, 0.2) is 0 Å². The van der Waals surface area contributed by atoms with E-state index >= 15 is 0 Å². The fourth-order valence-corrected chi connectivity index (χ4v) is 3.85. The summed E-state index contributed by atoms with van der Waals surface area (Å²) in [6, 6.07) is 0. The highest BCUT2D eigenvalue weighted by Crippen LogP contribution is 2.32. The van der Waals surface area contributed by atoms with Crippen molar-refractivity contribution in [2.75, 3.05) is 0 Å². The lowest BCUT2D eigenvalue weighted by Crippen LogP contribution is -2.21. The van der Waals surface area contributed by atoms with Gasteiger partial charge in [-0.3, -0.25) is 0 Å². The monoisotopic (exact) mass is 338 g/mol. The maximum Gasteiger partial charge on any atom is 0.126 e. The maximum atomic E-state index is 11.4. The Bertz CT molecular complexity index is 261. The van der Waals surface area contributed by atoms with Gasteiger partial charge in [0, 0.05) is 5.41 Å². The largest absolute Gasteiger partial charge is 0.303 e. The SMILES string of the molecule is CCCCCCCCCCCCCCCCC(C=O)(CC)CCC. The molecule has 0 saturated carbocycles. The van der Waals surface area contributed by atoms with Crippen molar-refractivity contribution in [1.82, 2.24) is 0 Å². The van der Waals surface area contributed by atoms with Gasteiger partial charge in [0.2, 0.25) is 0 Å². The molecule has 0 radical (unpaired) electrons. The zero-order valence-electron chi connectivity index (χ0n) is 17.2. The normalized spacial score (nSPS) is 13.8. The zero-order chi connectivity index (χ0) is 17.9. The Balaban J connectivity index is 3.34. The highest BCUT2D eigenvalue weighted by atomic mass is 16.1. The number of carbonyl (C=O) groups excluding carboxylic acids is 1. The molecule has 0 spiro atoms. The average molecular weight is 339 g/mol. The van der Waals surface area contributed by atoms with Gasteiger partial charge in [-0.1, -0.05) is 117 Å². The third-order valence-electron chi connectivity index (χ3n) is 5.73. The highest BCUT2D eigenvalue weighted by Gasteiger charge is 2.25. The lowest BCUT2D eigenvalue weighted by Gasteiger charge is -2.26. The number of unbranched alkanes of at least 4 members (excludes halogenated alkanes) is 13. The van der Waals surface area contributed by atoms with E-state index in [9.17, 15) is 4.79 Å². The summed E-state index contributed by atoms with van der Waals surface area (Å²) in [7, 11) is 0. The van der Waals surface area contributed by atoms with Crippen LogP contribution < -0.4 is 0 Å². The number of rotatable bonds is 19. The fourth-order valence-electron chi connectivity index (χ4n) is 3.85. The van der Waals surface area contributed by atoms with Crippen LogP contribution in [0.4, 0.5) is 0 Å². The summed E-state index contributed by atoms with van der Waals surface area (Å²) in [5, 5.41) is 0. The molecule has 0 aliphatic carbocycles. The van der Waals surface area contributed by atoms with Crippen molar-refractivity contribution in [1.29, 1.82) is 0 Å². The van der Waals surface area contributed by atoms with E-state index in [2.05, 4.69) is 20.8 Å². The Morgan fingerprint density at radius 1 is 0.542 bits per heavy atom. The molecule has 0 aromatic heterocycles. The van der Waals surface area contributed by atoms with Gasteiger partial charge < -0.3 is 4.79 Å². The minimum Gasteiger partial charge on any atom is -0.303 e. The molecule has 1 atom stereocenters. The van der Waals surface area contributed by atoms with Gasteiger partial charge in [0.25, 0.3) is 0 Å². The van der Waals surface area contributed by atoms with E-state index in [1.54, 1.807) is 0 Å². The van der Waals surface area contributed by atoms with Crippen LogP contribution in [0, 0.1) is 5.41 Å². The summed E-state index contributed by atoms with van der Waals surface area (Å²) in [4.78, 5) is 11.4. The molecule has 0 N–H and O–H groups in total. The summed E-state index contributed by atoms with van der Waals surface area (Å²) in [5.41, 5.74) is -0.00806. The molecule has 0 aliphatic rings. The molecular formula is C23H46O. The molecular weight excluding hydrogens is 292 g/mol. The topological polar surface area (TPSA) is 17.1 Å². The number of carbonyl (C=O) groups is 1. The lowest BCUT2D eigenvalue weighted by atomic mass is 9.78. The summed E-state index contributed by atoms with van der Waals surface area (Å²) < 4.78 is 0. The van der Waals surface area contributed by atoms with Gasteiger partial charge in [0.1, 0.15) is 6.29 Å². The second-order valence-electron chi connectivity index (χ2n) is 7.93. The number of hydrogen-bond acceptors (Lipinski definition) is 1. The Hall–Kier alpha value is -0.330. The van der Waals surface area contributed by atoms with Crippen LogP contribution >= 0.6 is 0 Å². The van der Waals surface area contributed by atoms with Crippen LogP contribution in [-0.4, -0.2) is 6.29 Å². The molecule has 24 heavy (non-hydrogen) atoms. The van der Waals surface area contributed by atoms with Gasteiger partial charge in [-0.05, 0) is 19.3 Å². The molecule has 1 nitrogen and oxygen atoms in total. The summed E-state index contributed by atoms with van der Waals surface area (Å²) in [6.45, 7) is 6.65. The molecule has 0 saturated heterocycles. The van der Waals surface area contributed by atoms with Crippen LogP contribution in [0.1, 0.15) is 136 Å². The van der Waals surface area contributed by atoms with Crippen molar-refractivity contribution in [2.45, 2.75) is 136 Å². The minimum absolute atomic E-state index is 0.00806. The molecule has 0 heterocycles. The first kappa shape index (κ1) is 23.7. The molecule has 1 heteroatoms. The van der Waals surface area contributed by atoms with Crippen molar-refractivity contribution >= 4 is 6.29 Å². The summed E-state index contributed by atoms with van der Waals surface area (Å²) in [6.07, 6.45) is 25.2. The Morgan fingerprint density at radius 3 is 1.29 bits per heavy atom. The Kier molecular flexibility index (Phi) is 17.3. The molecule has 0 bridgehead atoms. The van der Waals surface area contributed by atoms with Crippen molar-refractivity contribution in [3.05, 3.63) is 0 Å². The first-order chi connectivity index (χ1) is 11.7. The van der Waals surface area contributed by atoms with Crippen molar-refractivity contribution in [3.63, 3.8) is 0 Å². The smallest absolute Gasteiger partial charge is 0.126 e. The van der Waals surface area contributed by atoms with Gasteiger partial charge in [-0.2, -0.15) is 0 Å². The van der Waals surface area contributed by atoms with Crippen molar-refractivity contribution in [3.8, 4) is 0 Å². The van der Waals surface area contributed by atoms with Gasteiger partial charge >= 0.3 is 0 Å². The standard InChI is InChI=1S/C23H46O/c1-4-7-8-9-10-11-12-13-14-15-16-17-18-19-21-23(6-3,22-24)20-5-2/h22H,4-21H2,1-3H3. The Morgan fingerprint density at radius 2 is 0.958 bits per heavy atom. The Labute approximate surface area is 153 Å². The molecule has 0 fully saturated rings. The number of hydrogen-bond donors (Lipinski definition) is 0. The molecule has 0 rings (SSSR count). The molecule has 0 aromatic rings. The van der Waals surface area contributed by atoms with Gasteiger partial charge in [-0.15, -0.1) is 0 Å². The van der Waals surface area contributed by atoms with Crippen molar-refractivity contribution < 1.29 is 4.79 Å². The average Bonchev–Trinajstić information content (AvgIpc) is 2.61.